The minimum atomic E-state index is -3.63. The molecular formula is C33H39Cl2N3O4S. The maximum atomic E-state index is 13.2. The zero-order valence-corrected chi connectivity index (χ0v) is 26.7. The number of sulfonamides is 1. The Hall–Kier alpha value is -3.06. The first-order chi connectivity index (χ1) is 20.3. The molecule has 7 nitrogen and oxygen atoms in total. The van der Waals surface area contributed by atoms with Gasteiger partial charge in [-0.2, -0.15) is 0 Å². The Morgan fingerprint density at radius 1 is 1.05 bits per heavy atom. The van der Waals surface area contributed by atoms with Crippen molar-refractivity contribution in [3.05, 3.63) is 101 Å². The van der Waals surface area contributed by atoms with E-state index in [4.69, 9.17) is 22.8 Å². The lowest BCUT2D eigenvalue weighted by Gasteiger charge is -2.37. The first kappa shape index (κ1) is 34.4. The van der Waals surface area contributed by atoms with Crippen LogP contribution in [0, 0.1) is 12.3 Å². The van der Waals surface area contributed by atoms with E-state index in [0.717, 1.165) is 50.0 Å². The molecule has 1 aliphatic rings. The molecule has 0 bridgehead atoms. The number of hydrogen-bond acceptors (Lipinski definition) is 5. The monoisotopic (exact) mass is 643 g/mol. The van der Waals surface area contributed by atoms with Crippen LogP contribution in [-0.2, 0) is 21.4 Å². The van der Waals surface area contributed by atoms with E-state index in [1.54, 1.807) is 42.3 Å². The van der Waals surface area contributed by atoms with Crippen LogP contribution in [-0.4, -0.2) is 74.4 Å². The van der Waals surface area contributed by atoms with Crippen LogP contribution in [0.15, 0.2) is 89.8 Å². The van der Waals surface area contributed by atoms with Crippen molar-refractivity contribution in [3.63, 3.8) is 0 Å². The molecule has 1 amide bonds. The molecule has 1 atom stereocenters. The lowest BCUT2D eigenvalue weighted by molar-refractivity contribution is 0.0663. The molecule has 0 saturated carbocycles. The summed E-state index contributed by atoms with van der Waals surface area (Å²) in [5.74, 6) is 2.56. The molecule has 230 valence electrons. The second-order valence-corrected chi connectivity index (χ2v) is 13.1. The topological polar surface area (TPSA) is 70.2 Å². The van der Waals surface area contributed by atoms with E-state index in [9.17, 15) is 13.2 Å². The Balaban J connectivity index is 0.00000506. The molecule has 10 heteroatoms. The number of ether oxygens (including phenoxy) is 1. The summed E-state index contributed by atoms with van der Waals surface area (Å²) in [5, 5.41) is 0.625. The first-order valence-electron chi connectivity index (χ1n) is 14.2. The number of halogens is 2. The van der Waals surface area contributed by atoms with E-state index < -0.39 is 10.0 Å². The van der Waals surface area contributed by atoms with Gasteiger partial charge in [-0.25, -0.2) is 17.5 Å². The summed E-state index contributed by atoms with van der Waals surface area (Å²) in [6, 6.07) is 25.7. The molecule has 0 N–H and O–H groups in total. The van der Waals surface area contributed by atoms with Gasteiger partial charge in [0.05, 0.1) is 11.4 Å². The van der Waals surface area contributed by atoms with E-state index in [2.05, 4.69) is 10.8 Å². The van der Waals surface area contributed by atoms with E-state index in [-0.39, 0.29) is 48.5 Å². The summed E-state index contributed by atoms with van der Waals surface area (Å²) in [6.07, 6.45) is 7.53. The molecule has 0 spiro atoms. The maximum absolute atomic E-state index is 13.2. The SMILES string of the molecule is C#CCN(C(=O)OCc1ccccc1)C1CCN(CCC(CN(C)S(=O)(=O)c2ccccc2)c2cccc(Cl)c2)CC1.Cl. The van der Waals surface area contributed by atoms with Crippen LogP contribution < -0.4 is 0 Å². The molecule has 4 rings (SSSR count). The van der Waals surface area contributed by atoms with Crippen LogP contribution in [0.25, 0.3) is 0 Å². The molecule has 0 aliphatic carbocycles. The Bertz CT molecular complexity index is 1440. The van der Waals surface area contributed by atoms with Gasteiger partial charge in [-0.05, 0) is 67.1 Å². The predicted octanol–water partition coefficient (Wildman–Crippen LogP) is 6.29. The lowest BCUT2D eigenvalue weighted by atomic mass is 9.94. The fourth-order valence-corrected chi connectivity index (χ4v) is 6.78. The summed E-state index contributed by atoms with van der Waals surface area (Å²) in [5.41, 5.74) is 1.94. The Morgan fingerprint density at radius 2 is 1.70 bits per heavy atom. The summed E-state index contributed by atoms with van der Waals surface area (Å²) in [4.78, 5) is 17.2. The zero-order valence-electron chi connectivity index (χ0n) is 24.3. The molecule has 1 saturated heterocycles. The number of likely N-dealkylation sites (N-methyl/N-ethyl adjacent to an activating group) is 1. The van der Waals surface area contributed by atoms with Crippen molar-refractivity contribution in [2.75, 3.05) is 39.8 Å². The van der Waals surface area contributed by atoms with Crippen LogP contribution in [0.3, 0.4) is 0 Å². The van der Waals surface area contributed by atoms with Gasteiger partial charge in [0, 0.05) is 37.7 Å². The minimum absolute atomic E-state index is 0. The van der Waals surface area contributed by atoms with Crippen LogP contribution in [0.4, 0.5) is 4.79 Å². The third-order valence-electron chi connectivity index (χ3n) is 7.74. The number of hydrogen-bond donors (Lipinski definition) is 0. The van der Waals surface area contributed by atoms with Crippen LogP contribution in [0.1, 0.15) is 36.3 Å². The fraction of sp³-hybridized carbons (Fsp3) is 0.364. The Labute approximate surface area is 267 Å². The number of carbonyl (C=O) groups is 1. The van der Waals surface area contributed by atoms with Gasteiger partial charge in [-0.3, -0.25) is 4.90 Å². The average Bonchev–Trinajstić information content (AvgIpc) is 3.02. The van der Waals surface area contributed by atoms with Crippen LogP contribution in [0.5, 0.6) is 0 Å². The van der Waals surface area contributed by atoms with Crippen LogP contribution in [0.2, 0.25) is 5.02 Å². The largest absolute Gasteiger partial charge is 0.445 e. The molecule has 3 aromatic rings. The fourth-order valence-electron chi connectivity index (χ4n) is 5.34. The smallest absolute Gasteiger partial charge is 0.411 e. The number of benzene rings is 3. The number of piperidine rings is 1. The second kappa shape index (κ2) is 16.7. The van der Waals surface area contributed by atoms with Gasteiger partial charge in [0.25, 0.3) is 0 Å². The molecule has 1 heterocycles. The number of amides is 1. The number of likely N-dealkylation sites (tertiary alicyclic amines) is 1. The molecule has 0 radical (unpaired) electrons. The summed E-state index contributed by atoms with van der Waals surface area (Å²) < 4.78 is 33.5. The Kier molecular flexibility index (Phi) is 13.4. The number of rotatable bonds is 12. The van der Waals surface area contributed by atoms with E-state index >= 15 is 0 Å². The normalized spacial score (nSPS) is 14.8. The zero-order chi connectivity index (χ0) is 30.0. The standard InChI is InChI=1S/C33H38ClN3O4S.ClH/c1-3-20-37(33(38)41-26-27-11-6-4-7-12-27)31-18-22-36(23-19-31)21-17-29(28-13-10-14-30(34)24-28)25-35(2)42(39,40)32-15-8-5-9-16-32;/h1,4-16,24,29,31H,17-23,25-26H2,2H3;1H. The third kappa shape index (κ3) is 9.72. The second-order valence-electron chi connectivity index (χ2n) is 10.6. The van der Waals surface area contributed by atoms with Gasteiger partial charge < -0.3 is 9.64 Å². The summed E-state index contributed by atoms with van der Waals surface area (Å²) in [7, 11) is -2.00. The quantitative estimate of drug-likeness (QED) is 0.217. The van der Waals surface area contributed by atoms with Gasteiger partial charge in [-0.1, -0.05) is 78.2 Å². The number of nitrogens with zero attached hydrogens (tertiary/aromatic N) is 3. The molecule has 3 aromatic carbocycles. The molecule has 1 fully saturated rings. The highest BCUT2D eigenvalue weighted by molar-refractivity contribution is 7.89. The molecule has 1 unspecified atom stereocenters. The summed E-state index contributed by atoms with van der Waals surface area (Å²) in [6.45, 7) is 3.14. The Morgan fingerprint density at radius 3 is 2.33 bits per heavy atom. The minimum Gasteiger partial charge on any atom is -0.445 e. The lowest BCUT2D eigenvalue weighted by Crippen LogP contribution is -2.48. The molecular weight excluding hydrogens is 605 g/mol. The highest BCUT2D eigenvalue weighted by atomic mass is 35.5. The van der Waals surface area contributed by atoms with Gasteiger partial charge in [0.15, 0.2) is 0 Å². The van der Waals surface area contributed by atoms with Crippen molar-refractivity contribution in [2.45, 2.75) is 42.7 Å². The maximum Gasteiger partial charge on any atom is 0.411 e. The predicted molar refractivity (Wildman–Crippen MR) is 174 cm³/mol. The third-order valence-corrected chi connectivity index (χ3v) is 9.81. The van der Waals surface area contributed by atoms with E-state index in [1.807, 2.05) is 54.6 Å². The van der Waals surface area contributed by atoms with Gasteiger partial charge in [0.2, 0.25) is 10.0 Å². The van der Waals surface area contributed by atoms with Crippen molar-refractivity contribution < 1.29 is 17.9 Å². The van der Waals surface area contributed by atoms with Crippen molar-refractivity contribution >= 4 is 40.1 Å². The summed E-state index contributed by atoms with van der Waals surface area (Å²) >= 11 is 6.32. The van der Waals surface area contributed by atoms with Gasteiger partial charge in [-0.15, -0.1) is 18.8 Å². The van der Waals surface area contributed by atoms with Crippen LogP contribution >= 0.6 is 24.0 Å². The van der Waals surface area contributed by atoms with Crippen molar-refractivity contribution in [1.82, 2.24) is 14.1 Å². The van der Waals surface area contributed by atoms with E-state index in [0.29, 0.717) is 11.6 Å². The highest BCUT2D eigenvalue weighted by Gasteiger charge is 2.30. The molecule has 0 aromatic heterocycles. The number of carbonyl (C=O) groups excluding carboxylic acids is 1. The van der Waals surface area contributed by atoms with Gasteiger partial charge in [0.1, 0.15) is 6.61 Å². The van der Waals surface area contributed by atoms with Crippen molar-refractivity contribution in [3.8, 4) is 12.3 Å². The van der Waals surface area contributed by atoms with E-state index in [1.165, 1.54) is 4.31 Å². The highest BCUT2D eigenvalue weighted by Crippen LogP contribution is 2.27. The van der Waals surface area contributed by atoms with Gasteiger partial charge >= 0.3 is 6.09 Å². The average molecular weight is 645 g/mol. The van der Waals surface area contributed by atoms with Crippen molar-refractivity contribution in [2.24, 2.45) is 0 Å². The first-order valence-corrected chi connectivity index (χ1v) is 16.0. The molecule has 1 aliphatic heterocycles. The molecule has 43 heavy (non-hydrogen) atoms. The number of terminal acetylenes is 1. The van der Waals surface area contributed by atoms with Crippen molar-refractivity contribution in [1.29, 1.82) is 0 Å².